The molecule has 7 heteroatoms. The number of rotatable bonds is 8. The number of halogens is 1. The van der Waals surface area contributed by atoms with Crippen molar-refractivity contribution < 1.29 is 19.4 Å². The summed E-state index contributed by atoms with van der Waals surface area (Å²) in [6.45, 7) is 1.76. The van der Waals surface area contributed by atoms with Crippen LogP contribution in [0.25, 0.3) is 21.7 Å². The summed E-state index contributed by atoms with van der Waals surface area (Å²) in [4.78, 5) is 16.6. The first-order valence-electron chi connectivity index (χ1n) is 9.89. The summed E-state index contributed by atoms with van der Waals surface area (Å²) in [5.41, 5.74) is 3.58. The summed E-state index contributed by atoms with van der Waals surface area (Å²) >= 11 is 8.03. The molecule has 0 fully saturated rings. The number of carbonyl (C=O) groups is 1. The van der Waals surface area contributed by atoms with Gasteiger partial charge in [-0.15, -0.1) is 11.3 Å². The standard InChI is InChI=1S/C25H20ClNO4S/c1-16-13-18(11-12-21(16)31-15-23(28)29)30-14-22-27-24(19-9-5-6-10-20(19)26)25(32-22)17-7-3-2-4-8-17/h2-13H,14-15H2,1H3,(H,28,29). The van der Waals surface area contributed by atoms with Crippen molar-refractivity contribution in [1.82, 2.24) is 4.98 Å². The zero-order chi connectivity index (χ0) is 22.5. The monoisotopic (exact) mass is 465 g/mol. The zero-order valence-electron chi connectivity index (χ0n) is 17.2. The lowest BCUT2D eigenvalue weighted by Crippen LogP contribution is -2.10. The van der Waals surface area contributed by atoms with Crippen LogP contribution < -0.4 is 9.47 Å². The molecule has 1 N–H and O–H groups in total. The Labute approximate surface area is 194 Å². The Bertz CT molecular complexity index is 1240. The van der Waals surface area contributed by atoms with Crippen LogP contribution in [-0.2, 0) is 11.4 Å². The van der Waals surface area contributed by atoms with Crippen molar-refractivity contribution >= 4 is 28.9 Å². The average molecular weight is 466 g/mol. The highest BCUT2D eigenvalue weighted by molar-refractivity contribution is 7.15. The molecule has 0 aliphatic heterocycles. The SMILES string of the molecule is Cc1cc(OCc2nc(-c3ccccc3Cl)c(-c3ccccc3)s2)ccc1OCC(=O)O. The molecule has 1 heterocycles. The van der Waals surface area contributed by atoms with Crippen LogP contribution in [0.1, 0.15) is 10.6 Å². The molecule has 0 bridgehead atoms. The molecule has 0 saturated carbocycles. The molecular formula is C25H20ClNO4S. The van der Waals surface area contributed by atoms with Crippen LogP contribution in [0.15, 0.2) is 72.8 Å². The van der Waals surface area contributed by atoms with Crippen molar-refractivity contribution in [2.24, 2.45) is 0 Å². The van der Waals surface area contributed by atoms with Gasteiger partial charge in [-0.3, -0.25) is 0 Å². The van der Waals surface area contributed by atoms with Crippen LogP contribution in [-0.4, -0.2) is 22.7 Å². The summed E-state index contributed by atoms with van der Waals surface area (Å²) in [6.07, 6.45) is 0. The molecule has 5 nitrogen and oxygen atoms in total. The van der Waals surface area contributed by atoms with Gasteiger partial charge in [-0.1, -0.05) is 60.1 Å². The maximum atomic E-state index is 10.7. The number of aromatic nitrogens is 1. The Hall–Kier alpha value is -3.35. The summed E-state index contributed by atoms with van der Waals surface area (Å²) in [6, 6.07) is 23.0. The molecule has 0 spiro atoms. The first-order chi connectivity index (χ1) is 15.5. The normalized spacial score (nSPS) is 10.7. The Balaban J connectivity index is 1.58. The minimum Gasteiger partial charge on any atom is -0.486 e. The van der Waals surface area contributed by atoms with E-state index < -0.39 is 5.97 Å². The highest BCUT2D eigenvalue weighted by atomic mass is 35.5. The molecule has 32 heavy (non-hydrogen) atoms. The van der Waals surface area contributed by atoms with E-state index in [9.17, 15) is 4.79 Å². The highest BCUT2D eigenvalue weighted by Crippen LogP contribution is 2.39. The van der Waals surface area contributed by atoms with E-state index in [0.717, 1.165) is 32.3 Å². The number of benzene rings is 3. The third-order valence-electron chi connectivity index (χ3n) is 4.70. The van der Waals surface area contributed by atoms with Gasteiger partial charge in [0.1, 0.15) is 23.1 Å². The molecule has 162 valence electrons. The Kier molecular flexibility index (Phi) is 6.73. The van der Waals surface area contributed by atoms with Gasteiger partial charge in [0.15, 0.2) is 6.61 Å². The van der Waals surface area contributed by atoms with Gasteiger partial charge in [-0.05, 0) is 42.3 Å². The first kappa shape index (κ1) is 21.9. The predicted octanol–water partition coefficient (Wildman–Crippen LogP) is 6.48. The number of carboxylic acid groups (broad SMARTS) is 1. The van der Waals surface area contributed by atoms with Crippen molar-refractivity contribution in [1.29, 1.82) is 0 Å². The van der Waals surface area contributed by atoms with Gasteiger partial charge < -0.3 is 14.6 Å². The molecule has 4 aromatic rings. The maximum absolute atomic E-state index is 10.7. The van der Waals surface area contributed by atoms with Gasteiger partial charge in [0.25, 0.3) is 0 Å². The highest BCUT2D eigenvalue weighted by Gasteiger charge is 2.17. The van der Waals surface area contributed by atoms with Crippen LogP contribution in [0.4, 0.5) is 0 Å². The van der Waals surface area contributed by atoms with Gasteiger partial charge >= 0.3 is 5.97 Å². The van der Waals surface area contributed by atoms with Gasteiger partial charge in [0.05, 0.1) is 15.6 Å². The van der Waals surface area contributed by atoms with E-state index >= 15 is 0 Å². The number of ether oxygens (including phenoxy) is 2. The lowest BCUT2D eigenvalue weighted by atomic mass is 10.1. The smallest absolute Gasteiger partial charge is 0.341 e. The first-order valence-corrected chi connectivity index (χ1v) is 11.1. The Morgan fingerprint density at radius 1 is 1.03 bits per heavy atom. The fourth-order valence-electron chi connectivity index (χ4n) is 3.21. The Morgan fingerprint density at radius 3 is 2.50 bits per heavy atom. The van der Waals surface area contributed by atoms with E-state index in [1.165, 1.54) is 0 Å². The molecule has 0 amide bonds. The van der Waals surface area contributed by atoms with Crippen LogP contribution >= 0.6 is 22.9 Å². The molecule has 0 atom stereocenters. The molecule has 0 aliphatic carbocycles. The number of aryl methyl sites for hydroxylation is 1. The zero-order valence-corrected chi connectivity index (χ0v) is 18.8. The van der Waals surface area contributed by atoms with Crippen LogP contribution in [0.5, 0.6) is 11.5 Å². The van der Waals surface area contributed by atoms with Gasteiger partial charge in [0, 0.05) is 5.56 Å². The number of hydrogen-bond donors (Lipinski definition) is 1. The van der Waals surface area contributed by atoms with Crippen molar-refractivity contribution in [2.45, 2.75) is 13.5 Å². The average Bonchev–Trinajstić information content (AvgIpc) is 3.22. The molecule has 0 radical (unpaired) electrons. The van der Waals surface area contributed by atoms with Crippen LogP contribution in [0.3, 0.4) is 0 Å². The summed E-state index contributed by atoms with van der Waals surface area (Å²) in [5, 5.41) is 10.2. The lowest BCUT2D eigenvalue weighted by molar-refractivity contribution is -0.139. The summed E-state index contributed by atoms with van der Waals surface area (Å²) in [7, 11) is 0. The topological polar surface area (TPSA) is 68.7 Å². The number of carboxylic acids is 1. The van der Waals surface area contributed by atoms with Crippen molar-refractivity contribution in [3.8, 4) is 33.2 Å². The molecule has 0 saturated heterocycles. The van der Waals surface area contributed by atoms with E-state index in [0.29, 0.717) is 23.1 Å². The minimum atomic E-state index is -1.02. The third kappa shape index (κ3) is 5.10. The van der Waals surface area contributed by atoms with Crippen LogP contribution in [0, 0.1) is 6.92 Å². The van der Waals surface area contributed by atoms with Crippen molar-refractivity contribution in [2.75, 3.05) is 6.61 Å². The lowest BCUT2D eigenvalue weighted by Gasteiger charge is -2.09. The summed E-state index contributed by atoms with van der Waals surface area (Å²) in [5.74, 6) is 0.152. The van der Waals surface area contributed by atoms with E-state index in [1.807, 2.05) is 55.5 Å². The van der Waals surface area contributed by atoms with Crippen molar-refractivity contribution in [3.05, 3.63) is 88.4 Å². The fraction of sp³-hybridized carbons (Fsp3) is 0.120. The quantitative estimate of drug-likeness (QED) is 0.322. The molecular weight excluding hydrogens is 446 g/mol. The largest absolute Gasteiger partial charge is 0.486 e. The molecule has 0 unspecified atom stereocenters. The minimum absolute atomic E-state index is 0.295. The van der Waals surface area contributed by atoms with E-state index in [4.69, 9.17) is 31.2 Å². The number of hydrogen-bond acceptors (Lipinski definition) is 5. The second kappa shape index (κ2) is 9.85. The van der Waals surface area contributed by atoms with Crippen LogP contribution in [0.2, 0.25) is 5.02 Å². The molecule has 4 rings (SSSR count). The van der Waals surface area contributed by atoms with E-state index in [-0.39, 0.29) is 6.61 Å². The van der Waals surface area contributed by atoms with Gasteiger partial charge in [-0.2, -0.15) is 0 Å². The Morgan fingerprint density at radius 2 is 1.78 bits per heavy atom. The van der Waals surface area contributed by atoms with Gasteiger partial charge in [-0.25, -0.2) is 9.78 Å². The molecule has 0 aliphatic rings. The van der Waals surface area contributed by atoms with Crippen molar-refractivity contribution in [3.63, 3.8) is 0 Å². The molecule has 3 aromatic carbocycles. The second-order valence-electron chi connectivity index (χ2n) is 7.03. The number of nitrogens with zero attached hydrogens (tertiary/aromatic N) is 1. The van der Waals surface area contributed by atoms with E-state index in [2.05, 4.69) is 12.1 Å². The van der Waals surface area contributed by atoms with E-state index in [1.54, 1.807) is 23.5 Å². The second-order valence-corrected chi connectivity index (χ2v) is 8.52. The number of thiazole rings is 1. The third-order valence-corrected chi connectivity index (χ3v) is 6.10. The maximum Gasteiger partial charge on any atom is 0.341 e. The number of aliphatic carboxylic acids is 1. The van der Waals surface area contributed by atoms with Gasteiger partial charge in [0.2, 0.25) is 0 Å². The fourth-order valence-corrected chi connectivity index (χ4v) is 4.43. The predicted molar refractivity (Wildman–Crippen MR) is 127 cm³/mol. The summed E-state index contributed by atoms with van der Waals surface area (Å²) < 4.78 is 11.2. The molecule has 1 aromatic heterocycles.